The highest BCUT2D eigenvalue weighted by atomic mass is 15.6. The van der Waals surface area contributed by atoms with Gasteiger partial charge in [-0.05, 0) is 40.5 Å². The summed E-state index contributed by atoms with van der Waals surface area (Å²) in [6.45, 7) is 8.35. The van der Waals surface area contributed by atoms with Gasteiger partial charge in [0.15, 0.2) is 0 Å². The molecule has 2 rings (SSSR count). The number of nitrogens with one attached hydrogen (secondary N) is 1. The molecule has 0 amide bonds. The lowest BCUT2D eigenvalue weighted by Gasteiger charge is -2.38. The Labute approximate surface area is 103 Å². The molecule has 0 spiro atoms. The van der Waals surface area contributed by atoms with Crippen molar-refractivity contribution in [2.24, 2.45) is 0 Å². The lowest BCUT2D eigenvalue weighted by atomic mass is 10.00. The lowest BCUT2D eigenvalue weighted by molar-refractivity contribution is 0.134. The van der Waals surface area contributed by atoms with E-state index in [4.69, 9.17) is 0 Å². The van der Waals surface area contributed by atoms with E-state index in [2.05, 4.69) is 39.5 Å². The Morgan fingerprint density at radius 1 is 1.06 bits per heavy atom. The van der Waals surface area contributed by atoms with Crippen LogP contribution in [0.25, 0.3) is 0 Å². The maximum absolute atomic E-state index is 4.41. The van der Waals surface area contributed by atoms with Gasteiger partial charge in [0.2, 0.25) is 0 Å². The van der Waals surface area contributed by atoms with Crippen molar-refractivity contribution in [2.45, 2.75) is 59.0 Å². The van der Waals surface area contributed by atoms with Crippen LogP contribution in [0.4, 0.5) is 5.95 Å². The molecule has 1 aromatic rings. The molecule has 0 radical (unpaired) electrons. The predicted molar refractivity (Wildman–Crippen MR) is 67.5 cm³/mol. The molecule has 0 saturated carbocycles. The van der Waals surface area contributed by atoms with Gasteiger partial charge in [-0.25, -0.2) is 9.99 Å². The van der Waals surface area contributed by atoms with Crippen LogP contribution in [0.15, 0.2) is 0 Å². The van der Waals surface area contributed by atoms with Gasteiger partial charge in [-0.3, -0.25) is 5.43 Å². The molecule has 1 saturated heterocycles. The zero-order chi connectivity index (χ0) is 12.4. The molecule has 2 heterocycles. The van der Waals surface area contributed by atoms with E-state index in [1.165, 1.54) is 19.3 Å². The molecule has 2 atom stereocenters. The van der Waals surface area contributed by atoms with Gasteiger partial charge < -0.3 is 0 Å². The average molecular weight is 235 g/mol. The maximum Gasteiger partial charge on any atom is 0.257 e. The van der Waals surface area contributed by atoms with Crippen LogP contribution >= 0.6 is 0 Å². The highest BCUT2D eigenvalue weighted by molar-refractivity contribution is 5.23. The van der Waals surface area contributed by atoms with Crippen LogP contribution in [-0.2, 0) is 0 Å². The lowest BCUT2D eigenvalue weighted by Crippen LogP contribution is -2.47. The van der Waals surface area contributed by atoms with Crippen LogP contribution < -0.4 is 5.43 Å². The van der Waals surface area contributed by atoms with Crippen molar-refractivity contribution in [1.82, 2.24) is 20.2 Å². The summed E-state index contributed by atoms with van der Waals surface area (Å²) in [6.07, 6.45) is 3.73. The molecule has 1 aliphatic heterocycles. The fourth-order valence-corrected chi connectivity index (χ4v) is 2.26. The Bertz CT molecular complexity index is 382. The monoisotopic (exact) mass is 235 g/mol. The van der Waals surface area contributed by atoms with Crippen molar-refractivity contribution in [1.29, 1.82) is 0 Å². The zero-order valence-electron chi connectivity index (χ0n) is 11.1. The molecular weight excluding hydrogens is 214 g/mol. The summed E-state index contributed by atoms with van der Waals surface area (Å²) >= 11 is 0. The minimum Gasteiger partial charge on any atom is -0.285 e. The first-order valence-corrected chi connectivity index (χ1v) is 6.31. The van der Waals surface area contributed by atoms with E-state index in [9.17, 15) is 0 Å². The van der Waals surface area contributed by atoms with Crippen LogP contribution in [0, 0.1) is 13.8 Å². The molecule has 5 heteroatoms. The fraction of sp³-hybridized carbons (Fsp3) is 0.750. The van der Waals surface area contributed by atoms with Gasteiger partial charge in [0.1, 0.15) is 0 Å². The third-order valence-electron chi connectivity index (χ3n) is 3.51. The number of hydrogen-bond acceptors (Lipinski definition) is 5. The van der Waals surface area contributed by atoms with Crippen LogP contribution in [0.5, 0.6) is 0 Å². The summed E-state index contributed by atoms with van der Waals surface area (Å²) in [7, 11) is 0. The third-order valence-corrected chi connectivity index (χ3v) is 3.51. The second kappa shape index (κ2) is 4.96. The molecule has 0 aromatic carbocycles. The predicted octanol–water partition coefficient (Wildman–Crippen LogP) is 2.08. The van der Waals surface area contributed by atoms with Crippen molar-refractivity contribution >= 4 is 5.95 Å². The quantitative estimate of drug-likeness (QED) is 0.850. The van der Waals surface area contributed by atoms with E-state index < -0.39 is 0 Å². The van der Waals surface area contributed by atoms with E-state index in [0.29, 0.717) is 18.0 Å². The normalized spacial score (nSPS) is 25.9. The molecule has 5 nitrogen and oxygen atoms in total. The number of aryl methyl sites for hydroxylation is 2. The largest absolute Gasteiger partial charge is 0.285 e. The van der Waals surface area contributed by atoms with Gasteiger partial charge in [0.25, 0.3) is 5.95 Å². The Kier molecular flexibility index (Phi) is 3.57. The fourth-order valence-electron chi connectivity index (χ4n) is 2.26. The summed E-state index contributed by atoms with van der Waals surface area (Å²) in [4.78, 5) is 4.41. The van der Waals surface area contributed by atoms with E-state index in [-0.39, 0.29) is 0 Å². The van der Waals surface area contributed by atoms with E-state index in [0.717, 1.165) is 11.4 Å². The van der Waals surface area contributed by atoms with E-state index >= 15 is 0 Å². The molecule has 17 heavy (non-hydrogen) atoms. The second-order valence-corrected chi connectivity index (χ2v) is 4.95. The maximum atomic E-state index is 4.41. The van der Waals surface area contributed by atoms with Crippen molar-refractivity contribution in [3.8, 4) is 0 Å². The van der Waals surface area contributed by atoms with Gasteiger partial charge in [-0.2, -0.15) is 5.10 Å². The number of hydrazine groups is 1. The third kappa shape index (κ3) is 2.72. The number of rotatable bonds is 2. The highest BCUT2D eigenvalue weighted by Crippen LogP contribution is 2.22. The number of anilines is 1. The molecular formula is C12H21N5. The molecule has 0 aliphatic carbocycles. The summed E-state index contributed by atoms with van der Waals surface area (Å²) < 4.78 is 0. The van der Waals surface area contributed by atoms with Crippen molar-refractivity contribution in [3.05, 3.63) is 11.4 Å². The van der Waals surface area contributed by atoms with Gasteiger partial charge in [0, 0.05) is 12.1 Å². The summed E-state index contributed by atoms with van der Waals surface area (Å²) in [5, 5.41) is 10.4. The molecule has 1 fully saturated rings. The number of nitrogens with zero attached hydrogens (tertiary/aromatic N) is 4. The first-order chi connectivity index (χ1) is 8.08. The Morgan fingerprint density at radius 3 is 2.29 bits per heavy atom. The Morgan fingerprint density at radius 2 is 1.71 bits per heavy atom. The molecule has 1 N–H and O–H groups in total. The minimum absolute atomic E-state index is 0.518. The molecule has 2 unspecified atom stereocenters. The van der Waals surface area contributed by atoms with Gasteiger partial charge in [0.05, 0.1) is 11.4 Å². The Balaban J connectivity index is 2.10. The Hall–Kier alpha value is -1.23. The smallest absolute Gasteiger partial charge is 0.257 e. The number of hydrogen-bond donors (Lipinski definition) is 1. The summed E-state index contributed by atoms with van der Waals surface area (Å²) in [5.41, 5.74) is 5.11. The van der Waals surface area contributed by atoms with Crippen LogP contribution in [0.1, 0.15) is 44.5 Å². The van der Waals surface area contributed by atoms with Crippen LogP contribution in [0.2, 0.25) is 0 Å². The van der Waals surface area contributed by atoms with Gasteiger partial charge >= 0.3 is 0 Å². The van der Waals surface area contributed by atoms with Crippen LogP contribution in [0.3, 0.4) is 0 Å². The molecule has 0 bridgehead atoms. The SMILES string of the molecule is Cc1nnc(NN2C(C)CCCC2C)nc1C. The highest BCUT2D eigenvalue weighted by Gasteiger charge is 2.25. The van der Waals surface area contributed by atoms with Crippen molar-refractivity contribution < 1.29 is 0 Å². The van der Waals surface area contributed by atoms with E-state index in [1.807, 2.05) is 13.8 Å². The van der Waals surface area contributed by atoms with E-state index in [1.54, 1.807) is 0 Å². The molecule has 94 valence electrons. The van der Waals surface area contributed by atoms with Crippen molar-refractivity contribution in [3.63, 3.8) is 0 Å². The zero-order valence-corrected chi connectivity index (χ0v) is 11.1. The number of aromatic nitrogens is 3. The van der Waals surface area contributed by atoms with Crippen LogP contribution in [-0.4, -0.2) is 32.3 Å². The molecule has 1 aliphatic rings. The topological polar surface area (TPSA) is 53.9 Å². The summed E-state index contributed by atoms with van der Waals surface area (Å²) in [6, 6.07) is 1.04. The standard InChI is InChI=1S/C12H21N5/c1-8-6-5-7-9(2)17(8)16-12-13-10(3)11(4)14-15-12/h8-9H,5-7H2,1-4H3,(H,13,15,16). The molecule has 1 aromatic heterocycles. The average Bonchev–Trinajstić information content (AvgIpc) is 2.28. The second-order valence-electron chi connectivity index (χ2n) is 4.95. The van der Waals surface area contributed by atoms with Crippen molar-refractivity contribution in [2.75, 3.05) is 5.43 Å². The first-order valence-electron chi connectivity index (χ1n) is 6.31. The van der Waals surface area contributed by atoms with Gasteiger partial charge in [-0.15, -0.1) is 5.10 Å². The first kappa shape index (κ1) is 12.2. The van der Waals surface area contributed by atoms with Gasteiger partial charge in [-0.1, -0.05) is 6.42 Å². The summed E-state index contributed by atoms with van der Waals surface area (Å²) in [5.74, 6) is 0.605. The number of piperidine rings is 1. The minimum atomic E-state index is 0.518.